The quantitative estimate of drug-likeness (QED) is 0.745. The van der Waals surface area contributed by atoms with Crippen LogP contribution < -0.4 is 10.2 Å². The van der Waals surface area contributed by atoms with E-state index in [0.29, 0.717) is 12.1 Å². The molecule has 1 saturated heterocycles. The lowest BCUT2D eigenvalue weighted by molar-refractivity contribution is 0.0947. The van der Waals surface area contributed by atoms with Crippen molar-refractivity contribution in [2.24, 2.45) is 0 Å². The fourth-order valence-corrected chi connectivity index (χ4v) is 4.18. The third kappa shape index (κ3) is 5.55. The summed E-state index contributed by atoms with van der Waals surface area (Å²) in [6.45, 7) is 6.30. The predicted octanol–water partition coefficient (Wildman–Crippen LogP) is 2.17. The molecule has 8 heteroatoms. The summed E-state index contributed by atoms with van der Waals surface area (Å²) in [6.07, 6.45) is 0. The van der Waals surface area contributed by atoms with Gasteiger partial charge in [0.1, 0.15) is 5.82 Å². The second-order valence-corrected chi connectivity index (χ2v) is 9.27. The topological polar surface area (TPSA) is 69.7 Å². The van der Waals surface area contributed by atoms with Crippen LogP contribution in [0.3, 0.4) is 0 Å². The Morgan fingerprint density at radius 3 is 2.21 bits per heavy atom. The number of anilines is 1. The molecule has 1 fully saturated rings. The highest BCUT2D eigenvalue weighted by molar-refractivity contribution is 7.91. The molecular weight excluding hydrogens is 393 g/mol. The molecular formula is C21H26FN3O3S. The van der Waals surface area contributed by atoms with Crippen molar-refractivity contribution in [3.63, 3.8) is 0 Å². The van der Waals surface area contributed by atoms with E-state index in [-0.39, 0.29) is 22.4 Å². The van der Waals surface area contributed by atoms with Crippen molar-refractivity contribution in [1.29, 1.82) is 0 Å². The van der Waals surface area contributed by atoms with Crippen LogP contribution in [0, 0.1) is 5.82 Å². The highest BCUT2D eigenvalue weighted by Crippen LogP contribution is 2.17. The Kier molecular flexibility index (Phi) is 6.87. The van der Waals surface area contributed by atoms with E-state index in [1.165, 1.54) is 24.3 Å². The summed E-state index contributed by atoms with van der Waals surface area (Å²) in [5, 5.41) is 2.88. The van der Waals surface area contributed by atoms with Crippen molar-refractivity contribution in [2.45, 2.75) is 11.8 Å². The molecule has 2 aromatic rings. The van der Waals surface area contributed by atoms with Gasteiger partial charge in [0.05, 0.1) is 10.6 Å². The zero-order valence-corrected chi connectivity index (χ0v) is 17.3. The van der Waals surface area contributed by atoms with Crippen molar-refractivity contribution in [2.75, 3.05) is 49.9 Å². The molecule has 2 aromatic carbocycles. The zero-order valence-electron chi connectivity index (χ0n) is 16.5. The number of carbonyl (C=O) groups excluding carboxylic acids is 1. The number of nitrogens with one attached hydrogen (secondary N) is 1. The standard InChI is InChI=1S/C21H26FN3O3S/c1-2-29(27,28)20-9-3-17(4-10-20)21(26)23-11-12-24-13-15-25(16-14-24)19-7-5-18(22)6-8-19/h3-10H,2,11-16H2,1H3,(H,23,26). The van der Waals surface area contributed by atoms with Gasteiger partial charge < -0.3 is 10.2 Å². The van der Waals surface area contributed by atoms with Crippen LogP contribution in [0.5, 0.6) is 0 Å². The maximum Gasteiger partial charge on any atom is 0.251 e. The Morgan fingerprint density at radius 2 is 1.62 bits per heavy atom. The Balaban J connectivity index is 1.42. The van der Waals surface area contributed by atoms with Gasteiger partial charge in [0.2, 0.25) is 0 Å². The zero-order chi connectivity index (χ0) is 20.9. The molecule has 3 rings (SSSR count). The molecule has 0 unspecified atom stereocenters. The molecule has 0 atom stereocenters. The number of hydrogen-bond acceptors (Lipinski definition) is 5. The molecule has 0 saturated carbocycles. The van der Waals surface area contributed by atoms with E-state index >= 15 is 0 Å². The number of carbonyl (C=O) groups is 1. The predicted molar refractivity (Wildman–Crippen MR) is 112 cm³/mol. The van der Waals surface area contributed by atoms with Gasteiger partial charge in [0.25, 0.3) is 5.91 Å². The van der Waals surface area contributed by atoms with E-state index in [1.807, 2.05) is 0 Å². The lowest BCUT2D eigenvalue weighted by Crippen LogP contribution is -2.48. The van der Waals surface area contributed by atoms with Gasteiger partial charge in [0, 0.05) is 50.5 Å². The molecule has 0 spiro atoms. The molecule has 0 aliphatic carbocycles. The normalized spacial score (nSPS) is 15.3. The van der Waals surface area contributed by atoms with Crippen molar-refractivity contribution in [1.82, 2.24) is 10.2 Å². The third-order valence-electron chi connectivity index (χ3n) is 5.13. The van der Waals surface area contributed by atoms with Crippen LogP contribution in [0.4, 0.5) is 10.1 Å². The minimum absolute atomic E-state index is 0.0347. The van der Waals surface area contributed by atoms with E-state index in [4.69, 9.17) is 0 Å². The molecule has 1 amide bonds. The maximum absolute atomic E-state index is 13.0. The second kappa shape index (κ2) is 9.37. The molecule has 1 heterocycles. The Hall–Kier alpha value is -2.45. The minimum atomic E-state index is -3.26. The van der Waals surface area contributed by atoms with Gasteiger partial charge in [0.15, 0.2) is 9.84 Å². The average Bonchev–Trinajstić information content (AvgIpc) is 2.75. The molecule has 1 N–H and O–H groups in total. The van der Waals surface area contributed by atoms with Crippen LogP contribution >= 0.6 is 0 Å². The summed E-state index contributed by atoms with van der Waals surface area (Å²) in [7, 11) is -3.26. The molecule has 6 nitrogen and oxygen atoms in total. The lowest BCUT2D eigenvalue weighted by Gasteiger charge is -2.36. The molecule has 156 valence electrons. The highest BCUT2D eigenvalue weighted by atomic mass is 32.2. The van der Waals surface area contributed by atoms with Crippen molar-refractivity contribution in [3.05, 3.63) is 59.9 Å². The largest absolute Gasteiger partial charge is 0.369 e. The number of hydrogen-bond donors (Lipinski definition) is 1. The molecule has 29 heavy (non-hydrogen) atoms. The van der Waals surface area contributed by atoms with E-state index in [9.17, 15) is 17.6 Å². The van der Waals surface area contributed by atoms with Gasteiger partial charge in [-0.3, -0.25) is 9.69 Å². The molecule has 0 radical (unpaired) electrons. The van der Waals surface area contributed by atoms with Crippen molar-refractivity contribution >= 4 is 21.4 Å². The Morgan fingerprint density at radius 1 is 1.00 bits per heavy atom. The second-order valence-electron chi connectivity index (χ2n) is 6.99. The fraction of sp³-hybridized carbons (Fsp3) is 0.381. The van der Waals surface area contributed by atoms with Gasteiger partial charge in [-0.1, -0.05) is 6.92 Å². The fourth-order valence-electron chi connectivity index (χ4n) is 3.29. The van der Waals surface area contributed by atoms with Crippen LogP contribution in [-0.4, -0.2) is 64.2 Å². The maximum atomic E-state index is 13.0. The third-order valence-corrected chi connectivity index (χ3v) is 6.88. The highest BCUT2D eigenvalue weighted by Gasteiger charge is 2.17. The number of rotatable bonds is 7. The first kappa shape index (κ1) is 21.3. The first-order chi connectivity index (χ1) is 13.9. The van der Waals surface area contributed by atoms with Crippen LogP contribution in [0.2, 0.25) is 0 Å². The number of piperazine rings is 1. The Labute approximate surface area is 171 Å². The number of sulfone groups is 1. The molecule has 0 bridgehead atoms. The summed E-state index contributed by atoms with van der Waals surface area (Å²) in [5.74, 6) is -0.410. The first-order valence-electron chi connectivity index (χ1n) is 9.73. The molecule has 1 aliphatic rings. The van der Waals surface area contributed by atoms with Crippen molar-refractivity contribution in [3.8, 4) is 0 Å². The smallest absolute Gasteiger partial charge is 0.251 e. The van der Waals surface area contributed by atoms with Crippen LogP contribution in [0.15, 0.2) is 53.4 Å². The number of benzene rings is 2. The van der Waals surface area contributed by atoms with Crippen LogP contribution in [-0.2, 0) is 9.84 Å². The monoisotopic (exact) mass is 419 g/mol. The number of nitrogens with zero attached hydrogens (tertiary/aromatic N) is 2. The molecule has 0 aromatic heterocycles. The molecule has 1 aliphatic heterocycles. The van der Waals surface area contributed by atoms with Crippen LogP contribution in [0.1, 0.15) is 17.3 Å². The van der Waals surface area contributed by atoms with Crippen molar-refractivity contribution < 1.29 is 17.6 Å². The van der Waals surface area contributed by atoms with E-state index < -0.39 is 9.84 Å². The number of halogens is 1. The van der Waals surface area contributed by atoms with Gasteiger partial charge in [-0.05, 0) is 48.5 Å². The minimum Gasteiger partial charge on any atom is -0.369 e. The van der Waals surface area contributed by atoms with Crippen LogP contribution in [0.25, 0.3) is 0 Å². The van der Waals surface area contributed by atoms with E-state index in [0.717, 1.165) is 38.4 Å². The van der Waals surface area contributed by atoms with E-state index in [1.54, 1.807) is 31.2 Å². The van der Waals surface area contributed by atoms with Gasteiger partial charge in [-0.15, -0.1) is 0 Å². The summed E-state index contributed by atoms with van der Waals surface area (Å²) in [5.41, 5.74) is 1.47. The lowest BCUT2D eigenvalue weighted by atomic mass is 10.2. The summed E-state index contributed by atoms with van der Waals surface area (Å²) >= 11 is 0. The summed E-state index contributed by atoms with van der Waals surface area (Å²) < 4.78 is 36.7. The summed E-state index contributed by atoms with van der Waals surface area (Å²) in [6, 6.07) is 12.6. The Bertz CT molecular complexity index is 923. The van der Waals surface area contributed by atoms with Gasteiger partial charge >= 0.3 is 0 Å². The van der Waals surface area contributed by atoms with Gasteiger partial charge in [-0.25, -0.2) is 12.8 Å². The SMILES string of the molecule is CCS(=O)(=O)c1ccc(C(=O)NCCN2CCN(c3ccc(F)cc3)CC2)cc1. The van der Waals surface area contributed by atoms with Gasteiger partial charge in [-0.2, -0.15) is 0 Å². The number of amides is 1. The van der Waals surface area contributed by atoms with E-state index in [2.05, 4.69) is 15.1 Å². The first-order valence-corrected chi connectivity index (χ1v) is 11.4. The summed E-state index contributed by atoms with van der Waals surface area (Å²) in [4.78, 5) is 17.0. The average molecular weight is 420 g/mol.